The van der Waals surface area contributed by atoms with Gasteiger partial charge in [-0.3, -0.25) is 0 Å². The fraction of sp³-hybridized carbons (Fsp3) is 0.636. The molecule has 74 valence electrons. The van der Waals surface area contributed by atoms with Crippen molar-refractivity contribution >= 4 is 0 Å². The lowest BCUT2D eigenvalue weighted by molar-refractivity contribution is 0.508. The van der Waals surface area contributed by atoms with Crippen LogP contribution in [-0.4, -0.2) is 6.17 Å². The van der Waals surface area contributed by atoms with Crippen molar-refractivity contribution in [3.05, 3.63) is 23.5 Å². The molecule has 2 heteroatoms. The van der Waals surface area contributed by atoms with Gasteiger partial charge in [0, 0.05) is 5.70 Å². The second-order valence-corrected chi connectivity index (χ2v) is 3.48. The largest absolute Gasteiger partial charge is 0.367 e. The summed E-state index contributed by atoms with van der Waals surface area (Å²) in [4.78, 5) is 0. The molecule has 2 nitrogen and oxygen atoms in total. The standard InChI is InChI=1S/C11H20N2/c1-4-6-8-10-9(3)12-11(13-10)7-5-2/h6,8,11-13H,4-5,7H2,1-3H3/b8-6-. The minimum Gasteiger partial charge on any atom is -0.367 e. The van der Waals surface area contributed by atoms with Crippen molar-refractivity contribution in [2.24, 2.45) is 0 Å². The van der Waals surface area contributed by atoms with Crippen LogP contribution in [0.1, 0.15) is 40.0 Å². The van der Waals surface area contributed by atoms with Crippen molar-refractivity contribution in [1.29, 1.82) is 0 Å². The van der Waals surface area contributed by atoms with Crippen LogP contribution in [0.4, 0.5) is 0 Å². The molecular weight excluding hydrogens is 160 g/mol. The summed E-state index contributed by atoms with van der Waals surface area (Å²) in [5, 5.41) is 6.89. The molecule has 1 atom stereocenters. The Balaban J connectivity index is 2.47. The van der Waals surface area contributed by atoms with Gasteiger partial charge in [-0.2, -0.15) is 0 Å². The normalized spacial score (nSPS) is 22.2. The summed E-state index contributed by atoms with van der Waals surface area (Å²) in [6.07, 6.45) is 8.28. The maximum absolute atomic E-state index is 3.46. The van der Waals surface area contributed by atoms with Gasteiger partial charge in [0.25, 0.3) is 0 Å². The van der Waals surface area contributed by atoms with Gasteiger partial charge in [-0.05, 0) is 25.8 Å². The fourth-order valence-corrected chi connectivity index (χ4v) is 1.51. The first kappa shape index (κ1) is 10.2. The molecule has 0 saturated carbocycles. The summed E-state index contributed by atoms with van der Waals surface area (Å²) in [6.45, 7) is 6.48. The summed E-state index contributed by atoms with van der Waals surface area (Å²) in [5.41, 5.74) is 2.52. The van der Waals surface area contributed by atoms with E-state index in [1.54, 1.807) is 0 Å². The van der Waals surface area contributed by atoms with Crippen LogP contribution >= 0.6 is 0 Å². The second kappa shape index (κ2) is 4.95. The predicted octanol–water partition coefficient (Wildman–Crippen LogP) is 2.50. The smallest absolute Gasteiger partial charge is 0.0962 e. The zero-order valence-electron chi connectivity index (χ0n) is 8.85. The van der Waals surface area contributed by atoms with E-state index in [2.05, 4.69) is 43.6 Å². The van der Waals surface area contributed by atoms with E-state index in [9.17, 15) is 0 Å². The Morgan fingerprint density at radius 1 is 1.31 bits per heavy atom. The van der Waals surface area contributed by atoms with E-state index in [1.807, 2.05) is 0 Å². The molecule has 1 heterocycles. The van der Waals surface area contributed by atoms with Crippen molar-refractivity contribution in [2.75, 3.05) is 0 Å². The average Bonchev–Trinajstić information content (AvgIpc) is 2.44. The molecule has 0 radical (unpaired) electrons. The van der Waals surface area contributed by atoms with Gasteiger partial charge in [-0.15, -0.1) is 0 Å². The van der Waals surface area contributed by atoms with E-state index in [1.165, 1.54) is 24.2 Å². The van der Waals surface area contributed by atoms with Crippen molar-refractivity contribution in [3.8, 4) is 0 Å². The average molecular weight is 180 g/mol. The van der Waals surface area contributed by atoms with Crippen LogP contribution in [0.5, 0.6) is 0 Å². The van der Waals surface area contributed by atoms with Crippen LogP contribution in [0.2, 0.25) is 0 Å². The van der Waals surface area contributed by atoms with Crippen LogP contribution < -0.4 is 10.6 Å². The molecule has 1 aliphatic rings. The molecule has 0 aromatic carbocycles. The molecule has 0 aromatic heterocycles. The lowest BCUT2D eigenvalue weighted by Crippen LogP contribution is -2.32. The summed E-state index contributed by atoms with van der Waals surface area (Å²) in [7, 11) is 0. The Morgan fingerprint density at radius 2 is 2.08 bits per heavy atom. The molecule has 0 fully saturated rings. The molecule has 0 saturated heterocycles. The lowest BCUT2D eigenvalue weighted by atomic mass is 10.3. The summed E-state index contributed by atoms with van der Waals surface area (Å²) >= 11 is 0. The molecule has 0 spiro atoms. The van der Waals surface area contributed by atoms with Crippen LogP contribution in [0.3, 0.4) is 0 Å². The van der Waals surface area contributed by atoms with E-state index in [-0.39, 0.29) is 0 Å². The van der Waals surface area contributed by atoms with E-state index in [0.29, 0.717) is 6.17 Å². The number of nitrogens with one attached hydrogen (secondary N) is 2. The van der Waals surface area contributed by atoms with Gasteiger partial charge in [-0.25, -0.2) is 0 Å². The highest BCUT2D eigenvalue weighted by Gasteiger charge is 2.15. The van der Waals surface area contributed by atoms with Crippen molar-refractivity contribution in [3.63, 3.8) is 0 Å². The van der Waals surface area contributed by atoms with E-state index in [4.69, 9.17) is 0 Å². The Hall–Kier alpha value is -0.920. The minimum absolute atomic E-state index is 0.446. The first-order valence-electron chi connectivity index (χ1n) is 5.18. The topological polar surface area (TPSA) is 24.1 Å². The van der Waals surface area contributed by atoms with E-state index < -0.39 is 0 Å². The van der Waals surface area contributed by atoms with Gasteiger partial charge in [0.2, 0.25) is 0 Å². The number of hydrogen-bond acceptors (Lipinski definition) is 2. The van der Waals surface area contributed by atoms with Gasteiger partial charge in [0.1, 0.15) is 0 Å². The van der Waals surface area contributed by atoms with Crippen molar-refractivity contribution in [2.45, 2.75) is 46.2 Å². The predicted molar refractivity (Wildman–Crippen MR) is 57.1 cm³/mol. The first-order chi connectivity index (χ1) is 6.27. The van der Waals surface area contributed by atoms with Crippen LogP contribution in [-0.2, 0) is 0 Å². The third kappa shape index (κ3) is 2.79. The Labute approximate surface area is 81.1 Å². The van der Waals surface area contributed by atoms with Gasteiger partial charge in [-0.1, -0.05) is 26.3 Å². The molecular formula is C11H20N2. The first-order valence-corrected chi connectivity index (χ1v) is 5.18. The fourth-order valence-electron chi connectivity index (χ4n) is 1.51. The summed E-state index contributed by atoms with van der Waals surface area (Å²) < 4.78 is 0. The molecule has 2 N–H and O–H groups in total. The van der Waals surface area contributed by atoms with Gasteiger partial charge >= 0.3 is 0 Å². The molecule has 1 rings (SSSR count). The maximum Gasteiger partial charge on any atom is 0.0962 e. The molecule has 1 unspecified atom stereocenters. The molecule has 13 heavy (non-hydrogen) atoms. The monoisotopic (exact) mass is 180 g/mol. The van der Waals surface area contributed by atoms with Gasteiger partial charge in [0.15, 0.2) is 0 Å². The third-order valence-electron chi connectivity index (χ3n) is 2.22. The van der Waals surface area contributed by atoms with Crippen LogP contribution in [0.25, 0.3) is 0 Å². The van der Waals surface area contributed by atoms with Gasteiger partial charge in [0.05, 0.1) is 11.9 Å². The third-order valence-corrected chi connectivity index (χ3v) is 2.22. The maximum atomic E-state index is 3.46. The zero-order chi connectivity index (χ0) is 9.68. The number of hydrogen-bond donors (Lipinski definition) is 2. The molecule has 0 bridgehead atoms. The highest BCUT2D eigenvalue weighted by Crippen LogP contribution is 2.11. The molecule has 0 aromatic rings. The Kier molecular flexibility index (Phi) is 3.87. The van der Waals surface area contributed by atoms with Crippen molar-refractivity contribution < 1.29 is 0 Å². The summed E-state index contributed by atoms with van der Waals surface area (Å²) in [5.74, 6) is 0. The van der Waals surface area contributed by atoms with E-state index in [0.717, 1.165) is 6.42 Å². The SMILES string of the molecule is CC/C=C\C1=C(C)NC(CCC)N1. The highest BCUT2D eigenvalue weighted by atomic mass is 15.2. The van der Waals surface area contributed by atoms with Crippen molar-refractivity contribution in [1.82, 2.24) is 10.6 Å². The van der Waals surface area contributed by atoms with Crippen LogP contribution in [0.15, 0.2) is 23.5 Å². The quantitative estimate of drug-likeness (QED) is 0.694. The van der Waals surface area contributed by atoms with E-state index >= 15 is 0 Å². The van der Waals surface area contributed by atoms with Gasteiger partial charge < -0.3 is 10.6 Å². The molecule has 0 aliphatic carbocycles. The number of allylic oxidation sites excluding steroid dienone is 3. The summed E-state index contributed by atoms with van der Waals surface area (Å²) in [6, 6.07) is 0. The van der Waals surface area contributed by atoms with Crippen LogP contribution in [0, 0.1) is 0 Å². The lowest BCUT2D eigenvalue weighted by Gasteiger charge is -2.11. The highest BCUT2D eigenvalue weighted by molar-refractivity contribution is 5.26. The Morgan fingerprint density at radius 3 is 2.69 bits per heavy atom. The zero-order valence-corrected chi connectivity index (χ0v) is 8.85. The second-order valence-electron chi connectivity index (χ2n) is 3.48. The molecule has 1 aliphatic heterocycles. The minimum atomic E-state index is 0.446. The number of rotatable bonds is 4. The molecule has 0 amide bonds. The Bertz CT molecular complexity index is 216.